The lowest BCUT2D eigenvalue weighted by molar-refractivity contribution is -0.134. The summed E-state index contributed by atoms with van der Waals surface area (Å²) in [6, 6.07) is 0.156. The number of amides is 1. The van der Waals surface area contributed by atoms with Gasteiger partial charge < -0.3 is 10.2 Å². The van der Waals surface area contributed by atoms with Crippen molar-refractivity contribution >= 4 is 15.7 Å². The molecule has 2 atom stereocenters. The Hall–Kier alpha value is -0.700. The zero-order valence-corrected chi connectivity index (χ0v) is 16.1. The number of rotatable bonds is 5. The number of hydrogen-bond donors (Lipinski definition) is 1. The minimum atomic E-state index is -2.84. The van der Waals surface area contributed by atoms with E-state index in [1.807, 2.05) is 11.9 Å². The number of likely N-dealkylation sites (N-methyl/N-ethyl adjacent to an activating group) is 1. The van der Waals surface area contributed by atoms with Gasteiger partial charge in [-0.1, -0.05) is 0 Å². The molecule has 3 fully saturated rings. The fourth-order valence-corrected chi connectivity index (χ4v) is 6.08. The van der Waals surface area contributed by atoms with E-state index < -0.39 is 9.84 Å². The molecule has 0 radical (unpaired) electrons. The van der Waals surface area contributed by atoms with Crippen LogP contribution in [0.3, 0.4) is 0 Å². The van der Waals surface area contributed by atoms with E-state index in [1.54, 1.807) is 0 Å². The maximum Gasteiger partial charge on any atom is 0.236 e. The second-order valence-electron chi connectivity index (χ2n) is 7.88. The van der Waals surface area contributed by atoms with Gasteiger partial charge in [-0.15, -0.1) is 0 Å². The molecule has 0 saturated carbocycles. The smallest absolute Gasteiger partial charge is 0.236 e. The molecule has 0 aliphatic carbocycles. The van der Waals surface area contributed by atoms with E-state index in [9.17, 15) is 13.2 Å². The van der Waals surface area contributed by atoms with Crippen LogP contribution in [0, 0.1) is 5.92 Å². The van der Waals surface area contributed by atoms with Crippen molar-refractivity contribution in [2.45, 2.75) is 25.3 Å². The molecule has 0 spiro atoms. The van der Waals surface area contributed by atoms with Gasteiger partial charge >= 0.3 is 0 Å². The summed E-state index contributed by atoms with van der Waals surface area (Å²) in [6.07, 6.45) is 3.22. The lowest BCUT2D eigenvalue weighted by atomic mass is 9.99. The third kappa shape index (κ3) is 5.39. The number of carbonyl (C=O) groups is 1. The van der Waals surface area contributed by atoms with Crippen LogP contribution in [0.15, 0.2) is 0 Å². The summed E-state index contributed by atoms with van der Waals surface area (Å²) >= 11 is 0. The second kappa shape index (κ2) is 8.33. The van der Waals surface area contributed by atoms with Crippen molar-refractivity contribution < 1.29 is 13.2 Å². The van der Waals surface area contributed by atoms with Crippen LogP contribution in [0.1, 0.15) is 19.3 Å². The molecule has 0 aromatic heterocycles. The molecule has 3 aliphatic heterocycles. The van der Waals surface area contributed by atoms with Crippen molar-refractivity contribution in [3.8, 4) is 0 Å². The van der Waals surface area contributed by atoms with Crippen molar-refractivity contribution in [1.29, 1.82) is 0 Å². The highest BCUT2D eigenvalue weighted by Crippen LogP contribution is 2.19. The summed E-state index contributed by atoms with van der Waals surface area (Å²) in [7, 11) is -0.805. The zero-order valence-electron chi connectivity index (χ0n) is 15.3. The molecule has 3 aliphatic rings. The molecule has 2 unspecified atom stereocenters. The summed E-state index contributed by atoms with van der Waals surface area (Å²) in [5.74, 6) is 1.45. The van der Waals surface area contributed by atoms with Crippen LogP contribution in [-0.4, -0.2) is 106 Å². The van der Waals surface area contributed by atoms with Crippen molar-refractivity contribution in [3.63, 3.8) is 0 Å². The molecule has 7 nitrogen and oxygen atoms in total. The van der Waals surface area contributed by atoms with E-state index in [0.29, 0.717) is 37.1 Å². The van der Waals surface area contributed by atoms with Crippen molar-refractivity contribution in [3.05, 3.63) is 0 Å². The summed E-state index contributed by atoms with van der Waals surface area (Å²) in [6.45, 7) is 6.65. The van der Waals surface area contributed by atoms with Crippen LogP contribution < -0.4 is 5.32 Å². The molecule has 144 valence electrons. The summed E-state index contributed by atoms with van der Waals surface area (Å²) in [4.78, 5) is 18.9. The predicted octanol–water partition coefficient (Wildman–Crippen LogP) is -0.751. The van der Waals surface area contributed by atoms with Crippen LogP contribution in [-0.2, 0) is 14.6 Å². The third-order valence-corrected chi connectivity index (χ3v) is 7.52. The van der Waals surface area contributed by atoms with E-state index in [4.69, 9.17) is 0 Å². The second-order valence-corrected chi connectivity index (χ2v) is 10.1. The highest BCUT2D eigenvalue weighted by atomic mass is 32.2. The van der Waals surface area contributed by atoms with Crippen molar-refractivity contribution in [2.75, 3.05) is 70.9 Å². The number of piperidine rings is 1. The normalized spacial score (nSPS) is 30.7. The first kappa shape index (κ1) is 19.1. The molecular weight excluding hydrogens is 340 g/mol. The first-order valence-electron chi connectivity index (χ1n) is 9.54. The van der Waals surface area contributed by atoms with Gasteiger partial charge in [0.05, 0.1) is 18.1 Å². The maximum atomic E-state index is 12.5. The van der Waals surface area contributed by atoms with E-state index in [0.717, 1.165) is 39.1 Å². The van der Waals surface area contributed by atoms with Gasteiger partial charge in [0.2, 0.25) is 5.91 Å². The SMILES string of the molecule is CN(CC(=O)N1CCN(C2CCS(=O)(=O)C2)CC1)CC1CCCNC1. The average molecular weight is 373 g/mol. The first-order chi connectivity index (χ1) is 11.9. The summed E-state index contributed by atoms with van der Waals surface area (Å²) in [5.41, 5.74) is 0. The van der Waals surface area contributed by atoms with Crippen LogP contribution in [0.5, 0.6) is 0 Å². The Morgan fingerprint density at radius 3 is 2.56 bits per heavy atom. The number of carbonyl (C=O) groups excluding carboxylic acids is 1. The molecule has 1 N–H and O–H groups in total. The standard InChI is InChI=1S/C17H32N4O3S/c1-19(12-15-3-2-5-18-11-15)13-17(22)21-8-6-20(7-9-21)16-4-10-25(23,24)14-16/h15-16,18H,2-14H2,1H3. The number of sulfone groups is 1. The van der Waals surface area contributed by atoms with Gasteiger partial charge in [0, 0.05) is 38.8 Å². The minimum Gasteiger partial charge on any atom is -0.339 e. The largest absolute Gasteiger partial charge is 0.339 e. The van der Waals surface area contributed by atoms with Crippen molar-refractivity contribution in [2.24, 2.45) is 5.92 Å². The molecule has 8 heteroatoms. The minimum absolute atomic E-state index is 0.156. The highest BCUT2D eigenvalue weighted by molar-refractivity contribution is 7.91. The summed E-state index contributed by atoms with van der Waals surface area (Å²) < 4.78 is 23.3. The van der Waals surface area contributed by atoms with Crippen molar-refractivity contribution in [1.82, 2.24) is 20.0 Å². The first-order valence-corrected chi connectivity index (χ1v) is 11.4. The Morgan fingerprint density at radius 2 is 1.96 bits per heavy atom. The number of nitrogens with zero attached hydrogens (tertiary/aromatic N) is 3. The fourth-order valence-electron chi connectivity index (χ4n) is 4.32. The Labute approximate surface area is 151 Å². The molecule has 3 heterocycles. The molecule has 0 aromatic rings. The highest BCUT2D eigenvalue weighted by Gasteiger charge is 2.34. The number of piperazine rings is 1. The molecule has 25 heavy (non-hydrogen) atoms. The molecule has 1 amide bonds. The molecular formula is C17H32N4O3S. The Kier molecular flexibility index (Phi) is 6.35. The van der Waals surface area contributed by atoms with Crippen LogP contribution >= 0.6 is 0 Å². The van der Waals surface area contributed by atoms with Crippen LogP contribution in [0.25, 0.3) is 0 Å². The average Bonchev–Trinajstić information content (AvgIpc) is 2.96. The van der Waals surface area contributed by atoms with E-state index >= 15 is 0 Å². The lowest BCUT2D eigenvalue weighted by Gasteiger charge is -2.38. The maximum absolute atomic E-state index is 12.5. The van der Waals surface area contributed by atoms with Gasteiger partial charge in [0.15, 0.2) is 9.84 Å². The number of nitrogens with one attached hydrogen (secondary N) is 1. The van der Waals surface area contributed by atoms with Gasteiger partial charge in [-0.25, -0.2) is 8.42 Å². The monoisotopic (exact) mass is 372 g/mol. The van der Waals surface area contributed by atoms with Gasteiger partial charge in [-0.05, 0) is 45.3 Å². The Balaban J connectivity index is 1.39. The Bertz CT molecular complexity index is 554. The topological polar surface area (TPSA) is 73.0 Å². The zero-order chi connectivity index (χ0) is 17.9. The lowest BCUT2D eigenvalue weighted by Crippen LogP contribution is -2.54. The van der Waals surface area contributed by atoms with Gasteiger partial charge in [-0.3, -0.25) is 14.6 Å². The molecule has 0 bridgehead atoms. The summed E-state index contributed by atoms with van der Waals surface area (Å²) in [5, 5.41) is 3.42. The molecule has 3 saturated heterocycles. The number of hydrogen-bond acceptors (Lipinski definition) is 6. The fraction of sp³-hybridized carbons (Fsp3) is 0.941. The quantitative estimate of drug-likeness (QED) is 0.685. The van der Waals surface area contributed by atoms with E-state index in [2.05, 4.69) is 15.1 Å². The predicted molar refractivity (Wildman–Crippen MR) is 98.3 cm³/mol. The Morgan fingerprint density at radius 1 is 1.20 bits per heavy atom. The van der Waals surface area contributed by atoms with E-state index in [-0.39, 0.29) is 11.9 Å². The van der Waals surface area contributed by atoms with Gasteiger partial charge in [-0.2, -0.15) is 0 Å². The molecule has 0 aromatic carbocycles. The van der Waals surface area contributed by atoms with Gasteiger partial charge in [0.25, 0.3) is 0 Å². The van der Waals surface area contributed by atoms with Crippen LogP contribution in [0.2, 0.25) is 0 Å². The van der Waals surface area contributed by atoms with Crippen LogP contribution in [0.4, 0.5) is 0 Å². The third-order valence-electron chi connectivity index (χ3n) is 5.77. The van der Waals surface area contributed by atoms with Gasteiger partial charge in [0.1, 0.15) is 0 Å². The molecule has 3 rings (SSSR count). The van der Waals surface area contributed by atoms with E-state index in [1.165, 1.54) is 12.8 Å².